The predicted molar refractivity (Wildman–Crippen MR) is 87.4 cm³/mol. The number of nitrogens with zero attached hydrogens (tertiary/aromatic N) is 2. The smallest absolute Gasteiger partial charge is 0.110 e. The lowest BCUT2D eigenvalue weighted by molar-refractivity contribution is 0.434. The first-order valence-corrected chi connectivity index (χ1v) is 7.00. The molecular formula is C15H24N2OS. The second kappa shape index (κ2) is 8.64. The van der Waals surface area contributed by atoms with E-state index in [1.807, 2.05) is 33.9 Å². The number of hydrogen-bond acceptors (Lipinski definition) is 4. The van der Waals surface area contributed by atoms with Gasteiger partial charge >= 0.3 is 0 Å². The van der Waals surface area contributed by atoms with Crippen molar-refractivity contribution in [1.29, 1.82) is 0 Å². The van der Waals surface area contributed by atoms with Gasteiger partial charge in [0.2, 0.25) is 0 Å². The van der Waals surface area contributed by atoms with Gasteiger partial charge in [-0.1, -0.05) is 30.5 Å². The molecule has 1 N–H and O–H groups in total. The molecule has 0 aromatic heterocycles. The van der Waals surface area contributed by atoms with Crippen LogP contribution in [0.3, 0.4) is 0 Å². The van der Waals surface area contributed by atoms with E-state index in [1.165, 1.54) is 5.70 Å². The zero-order valence-electron chi connectivity index (χ0n) is 12.5. The Bertz CT molecular complexity index is 433. The predicted octanol–water partition coefficient (Wildman–Crippen LogP) is 4.48. The van der Waals surface area contributed by atoms with Gasteiger partial charge in [-0.2, -0.15) is 0 Å². The molecule has 0 amide bonds. The Kier molecular flexibility index (Phi) is 8.00. The Balaban J connectivity index is 4.45. The summed E-state index contributed by atoms with van der Waals surface area (Å²) in [5.41, 5.74) is 2.96. The van der Waals surface area contributed by atoms with E-state index < -0.39 is 0 Å². The van der Waals surface area contributed by atoms with Crippen LogP contribution >= 0.6 is 11.8 Å². The van der Waals surface area contributed by atoms with Crippen LogP contribution in [0.1, 0.15) is 27.7 Å². The minimum absolute atomic E-state index is 0.0244. The highest BCUT2D eigenvalue weighted by Crippen LogP contribution is 2.13. The molecule has 0 bridgehead atoms. The molecule has 0 radical (unpaired) electrons. The van der Waals surface area contributed by atoms with Crippen LogP contribution in [-0.4, -0.2) is 28.0 Å². The number of aliphatic hydroxyl groups is 1. The minimum atomic E-state index is 0.0244. The van der Waals surface area contributed by atoms with E-state index in [1.54, 1.807) is 17.8 Å². The van der Waals surface area contributed by atoms with E-state index in [-0.39, 0.29) is 5.76 Å². The molecule has 0 aromatic rings. The molecule has 3 nitrogen and oxygen atoms in total. The summed E-state index contributed by atoms with van der Waals surface area (Å²) in [6, 6.07) is 0. The molecule has 106 valence electrons. The first-order valence-electron chi connectivity index (χ1n) is 6.01. The molecule has 0 aliphatic heterocycles. The van der Waals surface area contributed by atoms with Crippen LogP contribution in [0.5, 0.6) is 0 Å². The maximum Gasteiger partial charge on any atom is 0.110 e. The molecule has 0 unspecified atom stereocenters. The molecule has 0 rings (SSSR count). The number of aliphatic imine (C=N–C) groups is 1. The Morgan fingerprint density at radius 1 is 1.21 bits per heavy atom. The maximum absolute atomic E-state index is 9.04. The van der Waals surface area contributed by atoms with Gasteiger partial charge in [-0.3, -0.25) is 4.99 Å². The third-order valence-corrected chi connectivity index (χ3v) is 3.26. The van der Waals surface area contributed by atoms with Crippen molar-refractivity contribution in [3.8, 4) is 0 Å². The highest BCUT2D eigenvalue weighted by atomic mass is 32.2. The van der Waals surface area contributed by atoms with E-state index >= 15 is 0 Å². The van der Waals surface area contributed by atoms with Crippen molar-refractivity contribution >= 4 is 16.8 Å². The van der Waals surface area contributed by atoms with Gasteiger partial charge in [0.15, 0.2) is 0 Å². The van der Waals surface area contributed by atoms with E-state index in [9.17, 15) is 0 Å². The molecule has 0 aromatic carbocycles. The van der Waals surface area contributed by atoms with Crippen molar-refractivity contribution < 1.29 is 5.11 Å². The molecule has 4 heteroatoms. The molecule has 0 atom stereocenters. The average Bonchev–Trinajstić information content (AvgIpc) is 2.23. The number of aliphatic hydroxyl groups excluding tert-OH is 1. The van der Waals surface area contributed by atoms with Crippen molar-refractivity contribution in [2.75, 3.05) is 12.9 Å². The van der Waals surface area contributed by atoms with E-state index in [0.717, 1.165) is 22.2 Å². The molecule has 0 fully saturated rings. The number of allylic oxidation sites excluding steroid dienone is 5. The van der Waals surface area contributed by atoms with Gasteiger partial charge in [0.25, 0.3) is 0 Å². The largest absolute Gasteiger partial charge is 0.509 e. The second-order valence-electron chi connectivity index (χ2n) is 4.51. The zero-order valence-corrected chi connectivity index (χ0v) is 13.3. The topological polar surface area (TPSA) is 35.8 Å². The Labute approximate surface area is 121 Å². The lowest BCUT2D eigenvalue weighted by Gasteiger charge is -2.19. The van der Waals surface area contributed by atoms with Crippen LogP contribution in [-0.2, 0) is 0 Å². The monoisotopic (exact) mass is 280 g/mol. The summed E-state index contributed by atoms with van der Waals surface area (Å²) in [6.45, 7) is 15.1. The first-order chi connectivity index (χ1) is 8.72. The summed E-state index contributed by atoms with van der Waals surface area (Å²) in [7, 11) is 2.04. The summed E-state index contributed by atoms with van der Waals surface area (Å²) in [5.74, 6) is 0.842. The normalized spacial score (nSPS) is 13.4. The number of hydrogen-bond donors (Lipinski definition) is 1. The lowest BCUT2D eigenvalue weighted by atomic mass is 10.3. The third-order valence-electron chi connectivity index (χ3n) is 2.23. The molecular weight excluding hydrogens is 256 g/mol. The van der Waals surface area contributed by atoms with Crippen molar-refractivity contribution in [1.82, 2.24) is 4.90 Å². The van der Waals surface area contributed by atoms with Gasteiger partial charge in [0, 0.05) is 24.5 Å². The van der Waals surface area contributed by atoms with Gasteiger partial charge in [-0.05, 0) is 33.8 Å². The fourth-order valence-corrected chi connectivity index (χ4v) is 2.11. The molecule has 0 heterocycles. The van der Waals surface area contributed by atoms with Crippen LogP contribution in [0.2, 0.25) is 0 Å². The molecule has 0 saturated carbocycles. The molecule has 19 heavy (non-hydrogen) atoms. The first kappa shape index (κ1) is 17.6. The van der Waals surface area contributed by atoms with E-state index in [2.05, 4.69) is 30.0 Å². The Hall–Kier alpha value is -1.42. The van der Waals surface area contributed by atoms with Crippen molar-refractivity contribution in [2.45, 2.75) is 27.7 Å². The molecule has 0 aliphatic rings. The fourth-order valence-electron chi connectivity index (χ4n) is 1.31. The Morgan fingerprint density at radius 3 is 2.26 bits per heavy atom. The van der Waals surface area contributed by atoms with Crippen LogP contribution in [0.25, 0.3) is 0 Å². The SMILES string of the molecule is C=C(C)/C=C(/C)N(C)CSC(C)=N/C(C)=C\C(=C)O. The summed E-state index contributed by atoms with van der Waals surface area (Å²) >= 11 is 1.65. The summed E-state index contributed by atoms with van der Waals surface area (Å²) < 4.78 is 0. The Morgan fingerprint density at radius 2 is 1.79 bits per heavy atom. The summed E-state index contributed by atoms with van der Waals surface area (Å²) in [6.07, 6.45) is 3.59. The third kappa shape index (κ3) is 9.19. The quantitative estimate of drug-likeness (QED) is 0.256. The van der Waals surface area contributed by atoms with Crippen LogP contribution < -0.4 is 0 Å². The molecule has 0 saturated heterocycles. The van der Waals surface area contributed by atoms with Crippen LogP contribution in [0.15, 0.2) is 53.0 Å². The fraction of sp³-hybridized carbons (Fsp3) is 0.400. The molecule has 0 aliphatic carbocycles. The van der Waals surface area contributed by atoms with Crippen molar-refractivity contribution in [3.63, 3.8) is 0 Å². The highest BCUT2D eigenvalue weighted by Gasteiger charge is 2.01. The van der Waals surface area contributed by atoms with Gasteiger partial charge in [-0.15, -0.1) is 0 Å². The van der Waals surface area contributed by atoms with Gasteiger partial charge in [-0.25, -0.2) is 0 Å². The second-order valence-corrected chi connectivity index (χ2v) is 5.65. The zero-order chi connectivity index (χ0) is 15.0. The lowest BCUT2D eigenvalue weighted by Crippen LogP contribution is -2.16. The highest BCUT2D eigenvalue weighted by molar-refractivity contribution is 8.13. The number of thioether (sulfide) groups is 1. The van der Waals surface area contributed by atoms with Gasteiger partial charge in [0.05, 0.1) is 10.9 Å². The number of rotatable bonds is 6. The summed E-state index contributed by atoms with van der Waals surface area (Å²) in [5, 5.41) is 9.99. The molecule has 0 spiro atoms. The summed E-state index contributed by atoms with van der Waals surface area (Å²) in [4.78, 5) is 6.51. The van der Waals surface area contributed by atoms with Crippen molar-refractivity contribution in [2.24, 2.45) is 4.99 Å². The standard InChI is InChI=1S/C15H24N2OS/c1-11(2)8-13(4)17(7)10-19-15(6)16-12(3)9-14(5)18/h8-9,18H,1,5,10H2,2-4,6-7H3/b12-9-,13-8-,16-15?. The van der Waals surface area contributed by atoms with Gasteiger partial charge < -0.3 is 10.0 Å². The van der Waals surface area contributed by atoms with E-state index in [0.29, 0.717) is 0 Å². The average molecular weight is 280 g/mol. The van der Waals surface area contributed by atoms with Gasteiger partial charge in [0.1, 0.15) is 5.76 Å². The minimum Gasteiger partial charge on any atom is -0.509 e. The van der Waals surface area contributed by atoms with Crippen LogP contribution in [0, 0.1) is 0 Å². The van der Waals surface area contributed by atoms with Crippen molar-refractivity contribution in [3.05, 3.63) is 48.0 Å². The van der Waals surface area contributed by atoms with E-state index in [4.69, 9.17) is 5.11 Å². The van der Waals surface area contributed by atoms with Crippen LogP contribution in [0.4, 0.5) is 0 Å². The maximum atomic E-state index is 9.04.